The molecule has 1 rings (SSSR count). The van der Waals surface area contributed by atoms with Gasteiger partial charge in [-0.25, -0.2) is 0 Å². The summed E-state index contributed by atoms with van der Waals surface area (Å²) in [6.07, 6.45) is 8.77. The van der Waals surface area contributed by atoms with E-state index in [4.69, 9.17) is 0 Å². The van der Waals surface area contributed by atoms with Crippen LogP contribution >= 0.6 is 11.8 Å². The first-order chi connectivity index (χ1) is 8.69. The van der Waals surface area contributed by atoms with Crippen LogP contribution in [0.3, 0.4) is 0 Å². The predicted octanol–water partition coefficient (Wildman–Crippen LogP) is 3.37. The van der Waals surface area contributed by atoms with Gasteiger partial charge in [-0.05, 0) is 58.0 Å². The fraction of sp³-hybridized carbons (Fsp3) is 1.00. The lowest BCUT2D eigenvalue weighted by Gasteiger charge is -2.39. The molecule has 1 aliphatic heterocycles. The highest BCUT2D eigenvalue weighted by Crippen LogP contribution is 2.32. The second-order valence-electron chi connectivity index (χ2n) is 5.60. The molecule has 1 saturated heterocycles. The zero-order chi connectivity index (χ0) is 13.4. The number of hydrogen-bond acceptors (Lipinski definition) is 3. The van der Waals surface area contributed by atoms with Crippen molar-refractivity contribution >= 4 is 11.8 Å². The molecule has 3 heteroatoms. The molecule has 1 heterocycles. The number of rotatable bonds is 8. The van der Waals surface area contributed by atoms with E-state index >= 15 is 0 Å². The monoisotopic (exact) mass is 272 g/mol. The Hall–Kier alpha value is 0.270. The second-order valence-corrected chi connectivity index (χ2v) is 6.87. The zero-order valence-corrected chi connectivity index (χ0v) is 13.6. The second kappa shape index (κ2) is 8.44. The Bertz CT molecular complexity index is 200. The molecule has 0 radical (unpaired) electrons. The Balaban J connectivity index is 2.34. The lowest BCUT2D eigenvalue weighted by Crippen LogP contribution is -2.47. The van der Waals surface area contributed by atoms with Gasteiger partial charge in [0.2, 0.25) is 0 Å². The highest BCUT2D eigenvalue weighted by atomic mass is 32.2. The van der Waals surface area contributed by atoms with Crippen LogP contribution in [0.4, 0.5) is 0 Å². The quantitative estimate of drug-likeness (QED) is 0.729. The van der Waals surface area contributed by atoms with Gasteiger partial charge in [0.25, 0.3) is 0 Å². The Morgan fingerprint density at radius 3 is 2.22 bits per heavy atom. The Morgan fingerprint density at radius 1 is 1.17 bits per heavy atom. The van der Waals surface area contributed by atoms with Crippen molar-refractivity contribution < 1.29 is 0 Å². The summed E-state index contributed by atoms with van der Waals surface area (Å²) in [5.74, 6) is 0. The predicted molar refractivity (Wildman–Crippen MR) is 84.6 cm³/mol. The van der Waals surface area contributed by atoms with E-state index < -0.39 is 0 Å². The van der Waals surface area contributed by atoms with Crippen molar-refractivity contribution in [2.24, 2.45) is 0 Å². The van der Waals surface area contributed by atoms with Crippen LogP contribution < -0.4 is 5.32 Å². The maximum Gasteiger partial charge on any atom is 0.0279 e. The van der Waals surface area contributed by atoms with Crippen LogP contribution in [0.15, 0.2) is 0 Å². The van der Waals surface area contributed by atoms with E-state index in [2.05, 4.69) is 49.0 Å². The fourth-order valence-electron chi connectivity index (χ4n) is 2.88. The van der Waals surface area contributed by atoms with Crippen LogP contribution in [0.2, 0.25) is 0 Å². The van der Waals surface area contributed by atoms with E-state index in [0.717, 1.165) is 6.04 Å². The first kappa shape index (κ1) is 16.3. The van der Waals surface area contributed by atoms with E-state index in [9.17, 15) is 0 Å². The van der Waals surface area contributed by atoms with Crippen molar-refractivity contribution in [3.63, 3.8) is 0 Å². The molecule has 1 aliphatic rings. The van der Waals surface area contributed by atoms with E-state index in [1.165, 1.54) is 58.3 Å². The largest absolute Gasteiger partial charge is 0.314 e. The van der Waals surface area contributed by atoms with Gasteiger partial charge in [-0.3, -0.25) is 0 Å². The smallest absolute Gasteiger partial charge is 0.0279 e. The van der Waals surface area contributed by atoms with E-state index in [1.54, 1.807) is 0 Å². The summed E-state index contributed by atoms with van der Waals surface area (Å²) in [4.78, 5) is 2.69. The summed E-state index contributed by atoms with van der Waals surface area (Å²) in [6, 6.07) is 0.771. The van der Waals surface area contributed by atoms with E-state index in [0.29, 0.717) is 4.75 Å². The molecule has 0 bridgehead atoms. The average Bonchev–Trinajstić information content (AvgIpc) is 2.44. The van der Waals surface area contributed by atoms with Gasteiger partial charge in [-0.2, -0.15) is 11.8 Å². The van der Waals surface area contributed by atoms with Crippen molar-refractivity contribution in [3.8, 4) is 0 Å². The zero-order valence-electron chi connectivity index (χ0n) is 12.8. The van der Waals surface area contributed by atoms with Gasteiger partial charge < -0.3 is 10.2 Å². The first-order valence-electron chi connectivity index (χ1n) is 7.70. The van der Waals surface area contributed by atoms with Crippen molar-refractivity contribution in [2.45, 2.75) is 63.7 Å². The van der Waals surface area contributed by atoms with Crippen molar-refractivity contribution in [1.82, 2.24) is 10.2 Å². The molecule has 18 heavy (non-hydrogen) atoms. The fourth-order valence-corrected chi connectivity index (χ4v) is 3.77. The van der Waals surface area contributed by atoms with Crippen molar-refractivity contribution in [2.75, 3.05) is 32.4 Å². The Labute approximate surface area is 118 Å². The molecule has 0 aromatic carbocycles. The minimum absolute atomic E-state index is 0.490. The van der Waals surface area contributed by atoms with E-state index in [-0.39, 0.29) is 0 Å². The minimum atomic E-state index is 0.490. The summed E-state index contributed by atoms with van der Waals surface area (Å²) >= 11 is 2.07. The number of nitrogens with zero attached hydrogens (tertiary/aromatic N) is 1. The van der Waals surface area contributed by atoms with Gasteiger partial charge in [0.1, 0.15) is 0 Å². The summed E-state index contributed by atoms with van der Waals surface area (Å²) in [7, 11) is 0. The summed E-state index contributed by atoms with van der Waals surface area (Å²) in [6.45, 7) is 12.0. The number of nitrogens with one attached hydrogen (secondary N) is 1. The summed E-state index contributed by atoms with van der Waals surface area (Å²) in [5, 5.41) is 3.66. The van der Waals surface area contributed by atoms with Crippen LogP contribution in [-0.2, 0) is 0 Å². The molecule has 0 unspecified atom stereocenters. The van der Waals surface area contributed by atoms with Gasteiger partial charge in [-0.15, -0.1) is 0 Å². The van der Waals surface area contributed by atoms with Crippen LogP contribution in [-0.4, -0.2) is 48.1 Å². The molecule has 0 spiro atoms. The minimum Gasteiger partial charge on any atom is -0.314 e. The Kier molecular flexibility index (Phi) is 7.66. The van der Waals surface area contributed by atoms with Crippen LogP contribution in [0.5, 0.6) is 0 Å². The maximum atomic E-state index is 3.66. The SMILES string of the molecule is CCCNC1CCN(CC(CC)(CC)SC)CC1. The molecule has 0 aromatic heterocycles. The molecule has 0 saturated carbocycles. The molecule has 1 fully saturated rings. The molecule has 1 N–H and O–H groups in total. The normalized spacial score (nSPS) is 19.3. The molecule has 0 atom stereocenters. The van der Waals surface area contributed by atoms with Gasteiger partial charge in [-0.1, -0.05) is 20.8 Å². The maximum absolute atomic E-state index is 3.66. The molecule has 0 aromatic rings. The third-order valence-electron chi connectivity index (χ3n) is 4.50. The number of piperidine rings is 1. The number of thioether (sulfide) groups is 1. The lowest BCUT2D eigenvalue weighted by molar-refractivity contribution is 0.178. The average molecular weight is 273 g/mol. The van der Waals surface area contributed by atoms with Gasteiger partial charge >= 0.3 is 0 Å². The Morgan fingerprint density at radius 2 is 1.78 bits per heavy atom. The molecule has 108 valence electrons. The standard InChI is InChI=1S/C15H32N2S/c1-5-10-16-14-8-11-17(12-9-14)13-15(6-2,7-3)18-4/h14,16H,5-13H2,1-4H3. The van der Waals surface area contributed by atoms with Crippen LogP contribution in [0.1, 0.15) is 52.9 Å². The first-order valence-corrected chi connectivity index (χ1v) is 8.93. The lowest BCUT2D eigenvalue weighted by atomic mass is 9.98. The van der Waals surface area contributed by atoms with Gasteiger partial charge in [0, 0.05) is 17.3 Å². The summed E-state index contributed by atoms with van der Waals surface area (Å²) < 4.78 is 0.490. The third kappa shape index (κ3) is 4.75. The molecular weight excluding hydrogens is 240 g/mol. The molecule has 0 amide bonds. The van der Waals surface area contributed by atoms with Crippen LogP contribution in [0.25, 0.3) is 0 Å². The summed E-state index contributed by atoms with van der Waals surface area (Å²) in [5.41, 5.74) is 0. The molecule has 0 aliphatic carbocycles. The number of hydrogen-bond donors (Lipinski definition) is 1. The van der Waals surface area contributed by atoms with E-state index in [1.807, 2.05) is 0 Å². The van der Waals surface area contributed by atoms with Crippen molar-refractivity contribution in [1.29, 1.82) is 0 Å². The van der Waals surface area contributed by atoms with Crippen molar-refractivity contribution in [3.05, 3.63) is 0 Å². The highest BCUT2D eigenvalue weighted by molar-refractivity contribution is 8.00. The number of likely N-dealkylation sites (tertiary alicyclic amines) is 1. The van der Waals surface area contributed by atoms with Gasteiger partial charge in [0.15, 0.2) is 0 Å². The molecular formula is C15H32N2S. The van der Waals surface area contributed by atoms with Gasteiger partial charge in [0.05, 0.1) is 0 Å². The highest BCUT2D eigenvalue weighted by Gasteiger charge is 2.29. The third-order valence-corrected chi connectivity index (χ3v) is 6.08. The molecule has 2 nitrogen and oxygen atoms in total. The van der Waals surface area contributed by atoms with Crippen LogP contribution in [0, 0.1) is 0 Å². The topological polar surface area (TPSA) is 15.3 Å².